The molecular formula is C14H18O. The summed E-state index contributed by atoms with van der Waals surface area (Å²) in [5, 5.41) is 0. The SMILES string of the molecule is CC1(C)CC(=O)C(C)(C)c2ccccc21. The average molecular weight is 202 g/mol. The molecule has 15 heavy (non-hydrogen) atoms. The number of rotatable bonds is 0. The summed E-state index contributed by atoms with van der Waals surface area (Å²) in [6.45, 7) is 8.37. The van der Waals surface area contributed by atoms with E-state index >= 15 is 0 Å². The van der Waals surface area contributed by atoms with Gasteiger partial charge in [-0.2, -0.15) is 0 Å². The van der Waals surface area contributed by atoms with Crippen molar-refractivity contribution in [1.82, 2.24) is 0 Å². The summed E-state index contributed by atoms with van der Waals surface area (Å²) in [6.07, 6.45) is 0.650. The maximum absolute atomic E-state index is 12.1. The number of hydrogen-bond donors (Lipinski definition) is 0. The summed E-state index contributed by atoms with van der Waals surface area (Å²) in [5.41, 5.74) is 2.20. The van der Waals surface area contributed by atoms with E-state index in [0.717, 1.165) is 0 Å². The van der Waals surface area contributed by atoms with E-state index in [0.29, 0.717) is 12.2 Å². The molecule has 2 rings (SSSR count). The van der Waals surface area contributed by atoms with Gasteiger partial charge in [-0.15, -0.1) is 0 Å². The van der Waals surface area contributed by atoms with Crippen LogP contribution in [0, 0.1) is 0 Å². The van der Waals surface area contributed by atoms with Gasteiger partial charge in [0.15, 0.2) is 0 Å². The fourth-order valence-electron chi connectivity index (χ4n) is 2.49. The van der Waals surface area contributed by atoms with Crippen molar-refractivity contribution in [2.24, 2.45) is 0 Å². The number of Topliss-reactive ketones (excluding diaryl/α,β-unsaturated/α-hetero) is 1. The second kappa shape index (κ2) is 2.94. The Kier molecular flexibility index (Phi) is 2.04. The van der Waals surface area contributed by atoms with Crippen LogP contribution in [-0.2, 0) is 15.6 Å². The van der Waals surface area contributed by atoms with Crippen molar-refractivity contribution >= 4 is 5.78 Å². The highest BCUT2D eigenvalue weighted by atomic mass is 16.1. The lowest BCUT2D eigenvalue weighted by molar-refractivity contribution is -0.125. The first-order valence-corrected chi connectivity index (χ1v) is 5.49. The lowest BCUT2D eigenvalue weighted by atomic mass is 9.62. The van der Waals surface area contributed by atoms with E-state index in [9.17, 15) is 4.79 Å². The first-order valence-electron chi connectivity index (χ1n) is 5.49. The maximum atomic E-state index is 12.1. The van der Waals surface area contributed by atoms with E-state index in [4.69, 9.17) is 0 Å². The van der Waals surface area contributed by atoms with Crippen LogP contribution < -0.4 is 0 Å². The van der Waals surface area contributed by atoms with Gasteiger partial charge in [-0.1, -0.05) is 38.1 Å². The third-order valence-electron chi connectivity index (χ3n) is 3.63. The molecule has 0 fully saturated rings. The Balaban J connectivity index is 2.70. The fraction of sp³-hybridized carbons (Fsp3) is 0.500. The minimum Gasteiger partial charge on any atom is -0.299 e. The number of fused-ring (bicyclic) bond motifs is 1. The molecule has 0 bridgehead atoms. The Bertz CT molecular complexity index is 413. The van der Waals surface area contributed by atoms with Crippen LogP contribution in [0.3, 0.4) is 0 Å². The number of carbonyl (C=O) groups is 1. The van der Waals surface area contributed by atoms with Gasteiger partial charge in [-0.3, -0.25) is 4.79 Å². The van der Waals surface area contributed by atoms with Crippen molar-refractivity contribution in [2.45, 2.75) is 44.9 Å². The molecule has 0 N–H and O–H groups in total. The molecule has 1 aliphatic rings. The third kappa shape index (κ3) is 1.41. The Hall–Kier alpha value is -1.11. The van der Waals surface area contributed by atoms with Crippen LogP contribution in [0.15, 0.2) is 24.3 Å². The zero-order valence-electron chi connectivity index (χ0n) is 9.92. The van der Waals surface area contributed by atoms with E-state index in [1.807, 2.05) is 19.9 Å². The van der Waals surface area contributed by atoms with Crippen LogP contribution in [0.2, 0.25) is 0 Å². The largest absolute Gasteiger partial charge is 0.299 e. The van der Waals surface area contributed by atoms with E-state index in [2.05, 4.69) is 32.0 Å². The van der Waals surface area contributed by atoms with Gasteiger partial charge in [0, 0.05) is 11.8 Å². The molecule has 1 aliphatic carbocycles. The highest BCUT2D eigenvalue weighted by molar-refractivity contribution is 5.92. The van der Waals surface area contributed by atoms with Crippen molar-refractivity contribution in [3.05, 3.63) is 35.4 Å². The number of ketones is 1. The topological polar surface area (TPSA) is 17.1 Å². The van der Waals surface area contributed by atoms with E-state index < -0.39 is 0 Å². The smallest absolute Gasteiger partial charge is 0.143 e. The van der Waals surface area contributed by atoms with Crippen LogP contribution in [0.1, 0.15) is 45.2 Å². The third-order valence-corrected chi connectivity index (χ3v) is 3.63. The highest BCUT2D eigenvalue weighted by Gasteiger charge is 2.42. The lowest BCUT2D eigenvalue weighted by Crippen LogP contribution is -2.41. The van der Waals surface area contributed by atoms with Gasteiger partial charge in [0.25, 0.3) is 0 Å². The molecule has 1 aromatic rings. The predicted molar refractivity (Wildman–Crippen MR) is 62.1 cm³/mol. The summed E-state index contributed by atoms with van der Waals surface area (Å²) >= 11 is 0. The van der Waals surface area contributed by atoms with Crippen molar-refractivity contribution in [3.8, 4) is 0 Å². The molecule has 1 nitrogen and oxygen atoms in total. The van der Waals surface area contributed by atoms with Gasteiger partial charge in [-0.25, -0.2) is 0 Å². The molecule has 80 valence electrons. The molecule has 0 atom stereocenters. The Labute approximate surface area is 91.5 Å². The van der Waals surface area contributed by atoms with Crippen molar-refractivity contribution < 1.29 is 4.79 Å². The summed E-state index contributed by atoms with van der Waals surface area (Å²) < 4.78 is 0. The minimum absolute atomic E-state index is 0.0107. The van der Waals surface area contributed by atoms with Crippen molar-refractivity contribution in [3.63, 3.8) is 0 Å². The molecule has 0 saturated heterocycles. The Morgan fingerprint density at radius 3 is 2.13 bits per heavy atom. The summed E-state index contributed by atoms with van der Waals surface area (Å²) in [5.74, 6) is 0.353. The van der Waals surface area contributed by atoms with Crippen LogP contribution >= 0.6 is 0 Å². The van der Waals surface area contributed by atoms with Gasteiger partial charge < -0.3 is 0 Å². The van der Waals surface area contributed by atoms with E-state index in [-0.39, 0.29) is 10.8 Å². The standard InChI is InChI=1S/C14H18O/c1-13(2)9-12(15)14(3,4)11-8-6-5-7-10(11)13/h5-8H,9H2,1-4H3. The summed E-state index contributed by atoms with van der Waals surface area (Å²) in [4.78, 5) is 12.1. The van der Waals surface area contributed by atoms with E-state index in [1.165, 1.54) is 11.1 Å². The molecular weight excluding hydrogens is 184 g/mol. The Morgan fingerprint density at radius 2 is 1.53 bits per heavy atom. The molecule has 0 radical (unpaired) electrons. The normalized spacial score (nSPS) is 22.3. The molecule has 1 aromatic carbocycles. The number of hydrogen-bond acceptors (Lipinski definition) is 1. The lowest BCUT2D eigenvalue weighted by Gasteiger charge is -2.40. The second-order valence-electron chi connectivity index (χ2n) is 5.65. The average Bonchev–Trinajstić information content (AvgIpc) is 2.15. The van der Waals surface area contributed by atoms with Gasteiger partial charge in [0.2, 0.25) is 0 Å². The molecule has 0 unspecified atom stereocenters. The first kappa shape index (κ1) is 10.4. The zero-order chi connectivity index (χ0) is 11.3. The minimum atomic E-state index is -0.313. The van der Waals surface area contributed by atoms with Crippen molar-refractivity contribution in [1.29, 1.82) is 0 Å². The van der Waals surface area contributed by atoms with Crippen molar-refractivity contribution in [2.75, 3.05) is 0 Å². The summed E-state index contributed by atoms with van der Waals surface area (Å²) in [6, 6.07) is 8.33. The molecule has 0 amide bonds. The van der Waals surface area contributed by atoms with Crippen LogP contribution in [0.5, 0.6) is 0 Å². The number of benzene rings is 1. The first-order chi connectivity index (χ1) is 6.86. The number of carbonyl (C=O) groups excluding carboxylic acids is 1. The zero-order valence-corrected chi connectivity index (χ0v) is 9.92. The quantitative estimate of drug-likeness (QED) is 0.631. The summed E-state index contributed by atoms with van der Waals surface area (Å²) in [7, 11) is 0. The Morgan fingerprint density at radius 1 is 1.00 bits per heavy atom. The van der Waals surface area contributed by atoms with Crippen LogP contribution in [0.25, 0.3) is 0 Å². The van der Waals surface area contributed by atoms with Gasteiger partial charge >= 0.3 is 0 Å². The second-order valence-corrected chi connectivity index (χ2v) is 5.65. The molecule has 0 spiro atoms. The monoisotopic (exact) mass is 202 g/mol. The fourth-order valence-corrected chi connectivity index (χ4v) is 2.49. The van der Waals surface area contributed by atoms with E-state index in [1.54, 1.807) is 0 Å². The molecule has 0 heterocycles. The van der Waals surface area contributed by atoms with Gasteiger partial charge in [-0.05, 0) is 30.4 Å². The molecule has 1 heteroatoms. The van der Waals surface area contributed by atoms with Crippen LogP contribution in [-0.4, -0.2) is 5.78 Å². The highest BCUT2D eigenvalue weighted by Crippen LogP contribution is 2.43. The van der Waals surface area contributed by atoms with Gasteiger partial charge in [0.1, 0.15) is 5.78 Å². The van der Waals surface area contributed by atoms with Gasteiger partial charge in [0.05, 0.1) is 0 Å². The predicted octanol–water partition coefficient (Wildman–Crippen LogP) is 3.21. The maximum Gasteiger partial charge on any atom is 0.143 e. The molecule has 0 aliphatic heterocycles. The molecule has 0 saturated carbocycles. The van der Waals surface area contributed by atoms with Crippen LogP contribution in [0.4, 0.5) is 0 Å². The molecule has 0 aromatic heterocycles.